The zero-order valence-corrected chi connectivity index (χ0v) is 25.2. The van der Waals surface area contributed by atoms with E-state index in [9.17, 15) is 23.1 Å². The molecular weight excluding hydrogens is 603 g/mol. The van der Waals surface area contributed by atoms with Gasteiger partial charge in [-0.3, -0.25) is 4.99 Å². The SMILES string of the molecule is COCCOCCOCCOCCOCCOCCOCCOc1ccc(C2=NC(C)(C(=O)O)CS2)c(OC(F)(F)F)c1. The number of aliphatic imine (C=N–C) groups is 1. The first kappa shape index (κ1) is 37.0. The molecular formula is C27H40F3NO11S. The summed E-state index contributed by atoms with van der Waals surface area (Å²) >= 11 is 1.05. The molecule has 1 aromatic rings. The molecule has 0 saturated heterocycles. The van der Waals surface area contributed by atoms with Crippen LogP contribution in [0.1, 0.15) is 12.5 Å². The van der Waals surface area contributed by atoms with Crippen molar-refractivity contribution in [1.29, 1.82) is 0 Å². The van der Waals surface area contributed by atoms with Crippen molar-refractivity contribution in [2.75, 3.05) is 105 Å². The molecule has 246 valence electrons. The number of carboxylic acid groups (broad SMARTS) is 1. The van der Waals surface area contributed by atoms with Gasteiger partial charge >= 0.3 is 12.3 Å². The molecule has 1 aliphatic rings. The van der Waals surface area contributed by atoms with E-state index >= 15 is 0 Å². The fraction of sp³-hybridized carbons (Fsp3) is 0.704. The average molecular weight is 644 g/mol. The summed E-state index contributed by atoms with van der Waals surface area (Å²) in [5, 5.41) is 9.49. The Labute approximate surface area is 253 Å². The second kappa shape index (κ2) is 20.7. The quantitative estimate of drug-likeness (QED) is 0.157. The van der Waals surface area contributed by atoms with Gasteiger partial charge in [0.05, 0.1) is 85.9 Å². The van der Waals surface area contributed by atoms with Gasteiger partial charge in [-0.05, 0) is 19.1 Å². The largest absolute Gasteiger partial charge is 0.573 e. The van der Waals surface area contributed by atoms with Crippen LogP contribution in [0.5, 0.6) is 11.5 Å². The Kier molecular flexibility index (Phi) is 17.8. The van der Waals surface area contributed by atoms with Gasteiger partial charge < -0.3 is 47.7 Å². The van der Waals surface area contributed by atoms with E-state index in [0.29, 0.717) is 79.3 Å². The van der Waals surface area contributed by atoms with Crippen LogP contribution in [0.3, 0.4) is 0 Å². The third-order valence-corrected chi connectivity index (χ3v) is 6.79. The number of aliphatic carboxylic acids is 1. The molecule has 2 rings (SSSR count). The summed E-state index contributed by atoms with van der Waals surface area (Å²) in [5.41, 5.74) is -1.39. The van der Waals surface area contributed by atoms with Crippen LogP contribution < -0.4 is 9.47 Å². The number of carbonyl (C=O) groups is 1. The number of thioether (sulfide) groups is 1. The summed E-state index contributed by atoms with van der Waals surface area (Å²) < 4.78 is 85.9. The van der Waals surface area contributed by atoms with Gasteiger partial charge in [-0.25, -0.2) is 4.79 Å². The highest BCUT2D eigenvalue weighted by molar-refractivity contribution is 8.14. The number of hydrogen-bond acceptors (Lipinski definition) is 12. The lowest BCUT2D eigenvalue weighted by atomic mass is 10.1. The first-order valence-electron chi connectivity index (χ1n) is 13.6. The second-order valence-corrected chi connectivity index (χ2v) is 9.97. The molecule has 1 unspecified atom stereocenters. The highest BCUT2D eigenvalue weighted by atomic mass is 32.2. The van der Waals surface area contributed by atoms with E-state index in [1.165, 1.54) is 19.1 Å². The number of benzene rings is 1. The van der Waals surface area contributed by atoms with E-state index in [-0.39, 0.29) is 35.3 Å². The molecule has 1 heterocycles. The number of nitrogens with zero attached hydrogens (tertiary/aromatic N) is 1. The minimum Gasteiger partial charge on any atom is -0.491 e. The first-order chi connectivity index (χ1) is 20.6. The van der Waals surface area contributed by atoms with Crippen LogP contribution in [0.25, 0.3) is 0 Å². The van der Waals surface area contributed by atoms with Crippen LogP contribution in [0.2, 0.25) is 0 Å². The van der Waals surface area contributed by atoms with Crippen LogP contribution >= 0.6 is 11.8 Å². The number of hydrogen-bond donors (Lipinski definition) is 1. The van der Waals surface area contributed by atoms with Gasteiger partial charge in [0, 0.05) is 24.5 Å². The molecule has 43 heavy (non-hydrogen) atoms. The number of carboxylic acids is 1. The minimum atomic E-state index is -4.95. The van der Waals surface area contributed by atoms with E-state index in [2.05, 4.69) is 9.73 Å². The topological polar surface area (TPSA) is 133 Å². The molecule has 0 spiro atoms. The van der Waals surface area contributed by atoms with Crippen molar-refractivity contribution in [3.8, 4) is 11.5 Å². The highest BCUT2D eigenvalue weighted by Gasteiger charge is 2.40. The Hall–Kier alpha value is -2.18. The van der Waals surface area contributed by atoms with Gasteiger partial charge in [0.1, 0.15) is 23.1 Å². The van der Waals surface area contributed by atoms with Crippen molar-refractivity contribution in [1.82, 2.24) is 0 Å². The summed E-state index contributed by atoms with van der Waals surface area (Å²) in [6.45, 7) is 7.02. The standard InChI is InChI=1S/C27H40F3NO11S/c1-26(25(32)33)20-43-24(31-26)22-4-3-21(19-23(22)42-27(28,29)30)41-18-17-40-16-15-39-14-13-38-12-11-37-10-9-36-8-7-35-6-5-34-2/h3-4,19H,5-18,20H2,1-2H3,(H,32,33). The molecule has 0 amide bonds. The van der Waals surface area contributed by atoms with E-state index in [4.69, 9.17) is 37.9 Å². The van der Waals surface area contributed by atoms with Crippen molar-refractivity contribution in [2.45, 2.75) is 18.8 Å². The maximum Gasteiger partial charge on any atom is 0.573 e. The van der Waals surface area contributed by atoms with Crippen LogP contribution in [-0.2, 0) is 38.0 Å². The van der Waals surface area contributed by atoms with E-state index < -0.39 is 23.6 Å². The molecule has 1 atom stereocenters. The first-order valence-corrected chi connectivity index (χ1v) is 14.6. The van der Waals surface area contributed by atoms with Gasteiger partial charge in [-0.1, -0.05) is 0 Å². The van der Waals surface area contributed by atoms with Gasteiger partial charge in [0.15, 0.2) is 5.54 Å². The zero-order valence-electron chi connectivity index (χ0n) is 24.4. The van der Waals surface area contributed by atoms with Crippen molar-refractivity contribution < 1.29 is 65.7 Å². The lowest BCUT2D eigenvalue weighted by Gasteiger charge is -2.15. The fourth-order valence-corrected chi connectivity index (χ4v) is 4.48. The zero-order chi connectivity index (χ0) is 31.4. The normalized spacial score (nSPS) is 16.8. The fourth-order valence-electron chi connectivity index (χ4n) is 3.29. The minimum absolute atomic E-state index is 0.0330. The van der Waals surface area contributed by atoms with Crippen molar-refractivity contribution >= 4 is 22.8 Å². The van der Waals surface area contributed by atoms with Crippen LogP contribution in [0.4, 0.5) is 13.2 Å². The summed E-state index contributed by atoms with van der Waals surface area (Å²) in [6, 6.07) is 3.91. The predicted octanol–water partition coefficient (Wildman–Crippen LogP) is 3.05. The smallest absolute Gasteiger partial charge is 0.491 e. The lowest BCUT2D eigenvalue weighted by Crippen LogP contribution is -2.33. The lowest BCUT2D eigenvalue weighted by molar-refractivity contribution is -0.274. The summed E-state index contributed by atoms with van der Waals surface area (Å²) in [4.78, 5) is 15.5. The van der Waals surface area contributed by atoms with Gasteiger partial charge in [0.2, 0.25) is 0 Å². The predicted molar refractivity (Wildman–Crippen MR) is 150 cm³/mol. The molecule has 0 aliphatic carbocycles. The van der Waals surface area contributed by atoms with Crippen molar-refractivity contribution in [3.05, 3.63) is 23.8 Å². The second-order valence-electron chi connectivity index (χ2n) is 9.01. The Balaban J connectivity index is 1.52. The molecule has 1 aromatic carbocycles. The Morgan fingerprint density at radius 3 is 1.72 bits per heavy atom. The number of rotatable bonds is 25. The summed E-state index contributed by atoms with van der Waals surface area (Å²) in [7, 11) is 1.62. The molecule has 0 aromatic heterocycles. The van der Waals surface area contributed by atoms with Gasteiger partial charge in [-0.15, -0.1) is 24.9 Å². The van der Waals surface area contributed by atoms with Crippen molar-refractivity contribution in [3.63, 3.8) is 0 Å². The molecule has 16 heteroatoms. The number of halogens is 3. The van der Waals surface area contributed by atoms with E-state index in [1.54, 1.807) is 7.11 Å². The van der Waals surface area contributed by atoms with E-state index in [0.717, 1.165) is 17.8 Å². The molecule has 1 N–H and O–H groups in total. The van der Waals surface area contributed by atoms with Gasteiger partial charge in [0.25, 0.3) is 0 Å². The number of methoxy groups -OCH3 is 1. The summed E-state index contributed by atoms with van der Waals surface area (Å²) in [6.07, 6.45) is -4.95. The van der Waals surface area contributed by atoms with Crippen molar-refractivity contribution in [2.24, 2.45) is 4.99 Å². The van der Waals surface area contributed by atoms with Crippen LogP contribution in [0, 0.1) is 0 Å². The average Bonchev–Trinajstić information content (AvgIpc) is 3.36. The maximum absolute atomic E-state index is 13.0. The molecule has 1 aliphatic heterocycles. The Bertz CT molecular complexity index is 971. The molecule has 12 nitrogen and oxygen atoms in total. The maximum atomic E-state index is 13.0. The van der Waals surface area contributed by atoms with Gasteiger partial charge in [-0.2, -0.15) is 0 Å². The Morgan fingerprint density at radius 2 is 1.30 bits per heavy atom. The Morgan fingerprint density at radius 1 is 0.837 bits per heavy atom. The van der Waals surface area contributed by atoms with Crippen LogP contribution in [0.15, 0.2) is 23.2 Å². The van der Waals surface area contributed by atoms with E-state index in [1.807, 2.05) is 0 Å². The third-order valence-electron chi connectivity index (χ3n) is 5.50. The molecule has 0 radical (unpaired) electrons. The van der Waals surface area contributed by atoms with Crippen LogP contribution in [-0.4, -0.2) is 133 Å². The monoisotopic (exact) mass is 643 g/mol. The summed E-state index contributed by atoms with van der Waals surface area (Å²) in [5.74, 6) is -1.47. The third kappa shape index (κ3) is 15.9. The molecule has 0 bridgehead atoms. The number of alkyl halides is 3. The molecule has 0 saturated carbocycles. The highest BCUT2D eigenvalue weighted by Crippen LogP contribution is 2.37. The number of ether oxygens (including phenoxy) is 9. The molecule has 0 fully saturated rings.